The molecule has 0 aromatic heterocycles. The summed E-state index contributed by atoms with van der Waals surface area (Å²) < 4.78 is 6.94. The minimum absolute atomic E-state index is 0.249. The number of hydrogen-bond donors (Lipinski definition) is 0. The Morgan fingerprint density at radius 3 is 2.88 bits per heavy atom. The van der Waals surface area contributed by atoms with Crippen molar-refractivity contribution in [2.45, 2.75) is 38.0 Å². The second-order valence-corrected chi connectivity index (χ2v) is 6.88. The van der Waals surface area contributed by atoms with Crippen molar-refractivity contribution >= 4 is 27.5 Å². The van der Waals surface area contributed by atoms with Gasteiger partial charge in [-0.05, 0) is 54.9 Å². The minimum Gasteiger partial charge on any atom is -0.493 e. The molecule has 2 aliphatic rings. The van der Waals surface area contributed by atoms with Crippen LogP contribution in [0.3, 0.4) is 0 Å². The Balaban J connectivity index is 1.93. The van der Waals surface area contributed by atoms with Gasteiger partial charge in [-0.2, -0.15) is 0 Å². The van der Waals surface area contributed by atoms with Crippen molar-refractivity contribution in [2.24, 2.45) is 5.41 Å². The van der Waals surface area contributed by atoms with Gasteiger partial charge in [0.15, 0.2) is 0 Å². The molecule has 1 aromatic rings. The van der Waals surface area contributed by atoms with E-state index in [0.717, 1.165) is 29.7 Å². The molecule has 1 nitrogen and oxygen atoms in total. The van der Waals surface area contributed by atoms with Crippen LogP contribution in [0.4, 0.5) is 0 Å². The van der Waals surface area contributed by atoms with Crippen LogP contribution in [-0.4, -0.2) is 12.0 Å². The molecule has 0 saturated heterocycles. The highest BCUT2D eigenvalue weighted by atomic mass is 79.9. The first-order chi connectivity index (χ1) is 8.11. The van der Waals surface area contributed by atoms with E-state index in [9.17, 15) is 0 Å². The molecule has 1 unspecified atom stereocenters. The van der Waals surface area contributed by atoms with Gasteiger partial charge < -0.3 is 4.74 Å². The lowest BCUT2D eigenvalue weighted by Gasteiger charge is -2.19. The molecular weight excluding hydrogens is 300 g/mol. The second kappa shape index (κ2) is 4.17. The fourth-order valence-corrected chi connectivity index (χ4v) is 3.58. The van der Waals surface area contributed by atoms with Gasteiger partial charge in [0, 0.05) is 16.3 Å². The van der Waals surface area contributed by atoms with Crippen LogP contribution in [0, 0.1) is 5.41 Å². The second-order valence-electron chi connectivity index (χ2n) is 5.31. The van der Waals surface area contributed by atoms with Crippen molar-refractivity contribution in [3.63, 3.8) is 0 Å². The lowest BCUT2D eigenvalue weighted by Crippen LogP contribution is -2.16. The van der Waals surface area contributed by atoms with Gasteiger partial charge in [-0.25, -0.2) is 0 Å². The van der Waals surface area contributed by atoms with Gasteiger partial charge in [-0.3, -0.25) is 0 Å². The standard InChI is InChI=1S/C14H16BrClO/c1-9(16)14(3-4-14)8-11-7-12(15)6-10-2-5-17-13(10)11/h6-7,9H,2-5,8H2,1H3. The number of hydrogen-bond acceptors (Lipinski definition) is 1. The van der Waals surface area contributed by atoms with Crippen LogP contribution in [0.5, 0.6) is 5.75 Å². The fraction of sp³-hybridized carbons (Fsp3) is 0.571. The Bertz CT molecular complexity index is 452. The zero-order valence-corrected chi connectivity index (χ0v) is 12.3. The lowest BCUT2D eigenvalue weighted by molar-refractivity contribution is 0.349. The Hall–Kier alpha value is -0.210. The summed E-state index contributed by atoms with van der Waals surface area (Å²) in [5.41, 5.74) is 2.99. The number of rotatable bonds is 3. The molecule has 1 aromatic carbocycles. The molecule has 0 radical (unpaired) electrons. The third kappa shape index (κ3) is 2.10. The lowest BCUT2D eigenvalue weighted by atomic mass is 9.92. The summed E-state index contributed by atoms with van der Waals surface area (Å²) in [6, 6.07) is 4.37. The Morgan fingerprint density at radius 1 is 1.47 bits per heavy atom. The van der Waals surface area contributed by atoms with Gasteiger partial charge in [0.2, 0.25) is 0 Å². The van der Waals surface area contributed by atoms with Crippen LogP contribution in [-0.2, 0) is 12.8 Å². The molecule has 1 saturated carbocycles. The molecular formula is C14H16BrClO. The molecule has 1 heterocycles. The number of halogens is 2. The van der Waals surface area contributed by atoms with Crippen molar-refractivity contribution in [1.82, 2.24) is 0 Å². The van der Waals surface area contributed by atoms with Gasteiger partial charge >= 0.3 is 0 Å². The maximum Gasteiger partial charge on any atom is 0.125 e. The third-order valence-corrected chi connectivity index (χ3v) is 5.02. The van der Waals surface area contributed by atoms with Crippen LogP contribution >= 0.6 is 27.5 Å². The zero-order valence-electron chi connectivity index (χ0n) is 9.93. The van der Waals surface area contributed by atoms with Crippen molar-refractivity contribution < 1.29 is 4.74 Å². The molecule has 1 aliphatic heterocycles. The first-order valence-corrected chi connectivity index (χ1v) is 7.42. The van der Waals surface area contributed by atoms with Gasteiger partial charge in [0.05, 0.1) is 6.61 Å². The van der Waals surface area contributed by atoms with Crippen LogP contribution in [0.1, 0.15) is 30.9 Å². The molecule has 0 bridgehead atoms. The van der Waals surface area contributed by atoms with E-state index in [4.69, 9.17) is 16.3 Å². The minimum atomic E-state index is 0.249. The van der Waals surface area contributed by atoms with E-state index >= 15 is 0 Å². The van der Waals surface area contributed by atoms with E-state index in [2.05, 4.69) is 35.0 Å². The topological polar surface area (TPSA) is 9.23 Å². The third-order valence-electron chi connectivity index (χ3n) is 4.10. The van der Waals surface area contributed by atoms with Crippen LogP contribution in [0.15, 0.2) is 16.6 Å². The van der Waals surface area contributed by atoms with Crippen molar-refractivity contribution in [1.29, 1.82) is 0 Å². The monoisotopic (exact) mass is 314 g/mol. The highest BCUT2D eigenvalue weighted by Crippen LogP contribution is 2.54. The van der Waals surface area contributed by atoms with Gasteiger partial charge in [0.25, 0.3) is 0 Å². The predicted octanol–water partition coefficient (Wildman–Crippen LogP) is 4.33. The number of ether oxygens (including phenoxy) is 1. The number of benzene rings is 1. The maximum absolute atomic E-state index is 6.32. The van der Waals surface area contributed by atoms with Gasteiger partial charge in [-0.1, -0.05) is 15.9 Å². The molecule has 3 heteroatoms. The summed E-state index contributed by atoms with van der Waals surface area (Å²) in [5.74, 6) is 1.12. The first kappa shape index (κ1) is 11.9. The van der Waals surface area contributed by atoms with E-state index in [0.29, 0.717) is 5.41 Å². The molecule has 0 spiro atoms. The van der Waals surface area contributed by atoms with E-state index in [1.807, 2.05) is 0 Å². The maximum atomic E-state index is 6.32. The van der Waals surface area contributed by atoms with Crippen molar-refractivity contribution in [3.8, 4) is 5.75 Å². The molecule has 0 amide bonds. The predicted molar refractivity (Wildman–Crippen MR) is 74.0 cm³/mol. The number of alkyl halides is 1. The molecule has 3 rings (SSSR count). The average molecular weight is 316 g/mol. The van der Waals surface area contributed by atoms with Crippen LogP contribution in [0.25, 0.3) is 0 Å². The summed E-state index contributed by atoms with van der Waals surface area (Å²) in [4.78, 5) is 0. The van der Waals surface area contributed by atoms with E-state index in [1.54, 1.807) is 0 Å². The average Bonchev–Trinajstić information content (AvgIpc) is 2.88. The van der Waals surface area contributed by atoms with Crippen molar-refractivity contribution in [2.75, 3.05) is 6.61 Å². The molecule has 1 fully saturated rings. The summed E-state index contributed by atoms with van der Waals surface area (Å²) in [5, 5.41) is 0.249. The molecule has 17 heavy (non-hydrogen) atoms. The molecule has 1 aliphatic carbocycles. The summed E-state index contributed by atoms with van der Waals surface area (Å²) >= 11 is 9.91. The summed E-state index contributed by atoms with van der Waals surface area (Å²) in [6.07, 6.45) is 4.59. The summed E-state index contributed by atoms with van der Waals surface area (Å²) in [7, 11) is 0. The van der Waals surface area contributed by atoms with E-state index in [1.165, 1.54) is 24.0 Å². The Labute approximate surface area is 116 Å². The van der Waals surface area contributed by atoms with Crippen LogP contribution < -0.4 is 4.74 Å². The van der Waals surface area contributed by atoms with Gasteiger partial charge in [-0.15, -0.1) is 11.6 Å². The van der Waals surface area contributed by atoms with E-state index < -0.39 is 0 Å². The number of fused-ring (bicyclic) bond motifs is 1. The summed E-state index contributed by atoms with van der Waals surface area (Å²) in [6.45, 7) is 2.94. The Kier molecular flexibility index (Phi) is 2.91. The molecule has 1 atom stereocenters. The molecule has 92 valence electrons. The highest BCUT2D eigenvalue weighted by molar-refractivity contribution is 9.10. The highest BCUT2D eigenvalue weighted by Gasteiger charge is 2.47. The smallest absolute Gasteiger partial charge is 0.125 e. The van der Waals surface area contributed by atoms with E-state index in [-0.39, 0.29) is 5.38 Å². The van der Waals surface area contributed by atoms with Gasteiger partial charge in [0.1, 0.15) is 5.75 Å². The molecule has 0 N–H and O–H groups in total. The SMILES string of the molecule is CC(Cl)C1(Cc2cc(Br)cc3c2OCC3)CC1. The van der Waals surface area contributed by atoms with Crippen LogP contribution in [0.2, 0.25) is 0 Å². The quantitative estimate of drug-likeness (QED) is 0.754. The largest absolute Gasteiger partial charge is 0.493 e. The first-order valence-electron chi connectivity index (χ1n) is 6.19. The Morgan fingerprint density at radius 2 is 2.24 bits per heavy atom. The van der Waals surface area contributed by atoms with Crippen molar-refractivity contribution in [3.05, 3.63) is 27.7 Å². The normalized spacial score (nSPS) is 21.8. The fourth-order valence-electron chi connectivity index (χ4n) is 2.73. The zero-order chi connectivity index (χ0) is 12.0.